The highest BCUT2D eigenvalue weighted by molar-refractivity contribution is 4.72. The minimum Gasteiger partial charge on any atom is -0.393 e. The van der Waals surface area contributed by atoms with Crippen molar-refractivity contribution < 1.29 is 20.4 Å². The predicted octanol–water partition coefficient (Wildman–Crippen LogP) is 0.420. The van der Waals surface area contributed by atoms with Gasteiger partial charge in [0.1, 0.15) is 0 Å². The summed E-state index contributed by atoms with van der Waals surface area (Å²) in [5.41, 5.74) is -0.880. The lowest BCUT2D eigenvalue weighted by Gasteiger charge is -2.22. The Labute approximate surface area is 91.6 Å². The number of hydrogen-bond acceptors (Lipinski definition) is 4. The molecule has 4 N–H and O–H groups in total. The van der Waals surface area contributed by atoms with Crippen molar-refractivity contribution in [2.24, 2.45) is 0 Å². The topological polar surface area (TPSA) is 80.9 Å². The molecule has 0 aromatic heterocycles. The van der Waals surface area contributed by atoms with Crippen LogP contribution in [0.25, 0.3) is 0 Å². The number of aliphatic hydroxyl groups excluding tert-OH is 3. The third-order valence-corrected chi connectivity index (χ3v) is 2.18. The van der Waals surface area contributed by atoms with Gasteiger partial charge in [-0.15, -0.1) is 0 Å². The van der Waals surface area contributed by atoms with Crippen LogP contribution in [-0.4, -0.2) is 44.3 Å². The summed E-state index contributed by atoms with van der Waals surface area (Å²) < 4.78 is 0. The molecule has 0 aliphatic heterocycles. The average molecular weight is 220 g/mol. The van der Waals surface area contributed by atoms with Crippen molar-refractivity contribution in [1.29, 1.82) is 0 Å². The summed E-state index contributed by atoms with van der Waals surface area (Å²) >= 11 is 0. The fourth-order valence-electron chi connectivity index (χ4n) is 1.58. The van der Waals surface area contributed by atoms with Crippen LogP contribution in [0.1, 0.15) is 46.5 Å². The molecule has 0 aliphatic carbocycles. The minimum absolute atomic E-state index is 0.300. The summed E-state index contributed by atoms with van der Waals surface area (Å²) in [6.45, 7) is 4.90. The first-order valence-corrected chi connectivity index (χ1v) is 5.47. The Morgan fingerprint density at radius 3 is 1.87 bits per heavy atom. The lowest BCUT2D eigenvalue weighted by atomic mass is 9.96. The standard InChI is InChI=1S/C11H24O4/c1-8(12)6-9(13)4-5-10(14)7-11(2,3)15/h8-10,12-15H,4-7H2,1-3H3. The Kier molecular flexibility index (Phi) is 6.36. The summed E-state index contributed by atoms with van der Waals surface area (Å²) in [7, 11) is 0. The van der Waals surface area contributed by atoms with E-state index in [4.69, 9.17) is 5.11 Å². The van der Waals surface area contributed by atoms with Gasteiger partial charge < -0.3 is 20.4 Å². The maximum atomic E-state index is 9.53. The summed E-state index contributed by atoms with van der Waals surface area (Å²) in [4.78, 5) is 0. The van der Waals surface area contributed by atoms with Gasteiger partial charge in [-0.3, -0.25) is 0 Å². The lowest BCUT2D eigenvalue weighted by Crippen LogP contribution is -2.27. The highest BCUT2D eigenvalue weighted by Gasteiger charge is 2.19. The summed E-state index contributed by atoms with van der Waals surface area (Å²) in [5, 5.41) is 37.4. The van der Waals surface area contributed by atoms with E-state index < -0.39 is 23.9 Å². The van der Waals surface area contributed by atoms with E-state index in [-0.39, 0.29) is 0 Å². The normalized spacial score (nSPS) is 18.6. The van der Waals surface area contributed by atoms with Gasteiger partial charge in [-0.05, 0) is 40.0 Å². The molecule has 15 heavy (non-hydrogen) atoms. The highest BCUT2D eigenvalue weighted by Crippen LogP contribution is 2.16. The molecule has 0 amide bonds. The van der Waals surface area contributed by atoms with Gasteiger partial charge in [0.15, 0.2) is 0 Å². The average Bonchev–Trinajstić information content (AvgIpc) is 1.96. The van der Waals surface area contributed by atoms with Crippen LogP contribution in [0.3, 0.4) is 0 Å². The van der Waals surface area contributed by atoms with E-state index in [2.05, 4.69) is 0 Å². The number of hydrogen-bond donors (Lipinski definition) is 4. The fourth-order valence-corrected chi connectivity index (χ4v) is 1.58. The number of aliphatic hydroxyl groups is 4. The van der Waals surface area contributed by atoms with Gasteiger partial charge in [0.2, 0.25) is 0 Å². The molecule has 3 unspecified atom stereocenters. The van der Waals surface area contributed by atoms with Crippen LogP contribution >= 0.6 is 0 Å². The van der Waals surface area contributed by atoms with Crippen molar-refractivity contribution in [1.82, 2.24) is 0 Å². The van der Waals surface area contributed by atoms with E-state index in [9.17, 15) is 15.3 Å². The quantitative estimate of drug-likeness (QED) is 0.501. The van der Waals surface area contributed by atoms with E-state index in [0.29, 0.717) is 25.7 Å². The molecule has 92 valence electrons. The maximum absolute atomic E-state index is 9.53. The van der Waals surface area contributed by atoms with E-state index in [1.54, 1.807) is 20.8 Å². The smallest absolute Gasteiger partial charge is 0.0616 e. The van der Waals surface area contributed by atoms with Gasteiger partial charge in [0.25, 0.3) is 0 Å². The molecule has 0 saturated heterocycles. The predicted molar refractivity (Wildman–Crippen MR) is 58.5 cm³/mol. The van der Waals surface area contributed by atoms with Crippen LogP contribution in [0.4, 0.5) is 0 Å². The van der Waals surface area contributed by atoms with Gasteiger partial charge in [0.05, 0.1) is 23.9 Å². The molecule has 0 aromatic carbocycles. The molecular formula is C11H24O4. The molecule has 4 heteroatoms. The first-order chi connectivity index (χ1) is 6.70. The summed E-state index contributed by atoms with van der Waals surface area (Å²) in [5.74, 6) is 0. The van der Waals surface area contributed by atoms with Gasteiger partial charge >= 0.3 is 0 Å². The van der Waals surface area contributed by atoms with E-state index in [1.165, 1.54) is 0 Å². The Morgan fingerprint density at radius 2 is 1.47 bits per heavy atom. The number of rotatable bonds is 7. The second kappa shape index (κ2) is 6.43. The van der Waals surface area contributed by atoms with Crippen LogP contribution in [0.2, 0.25) is 0 Å². The van der Waals surface area contributed by atoms with Crippen LogP contribution < -0.4 is 0 Å². The molecule has 0 bridgehead atoms. The zero-order valence-electron chi connectivity index (χ0n) is 9.85. The lowest BCUT2D eigenvalue weighted by molar-refractivity contribution is 0.00715. The Bertz CT molecular complexity index is 162. The van der Waals surface area contributed by atoms with Crippen molar-refractivity contribution in [3.63, 3.8) is 0 Å². The third-order valence-electron chi connectivity index (χ3n) is 2.18. The Hall–Kier alpha value is -0.160. The summed E-state index contributed by atoms with van der Waals surface area (Å²) in [6.07, 6.45) is -0.189. The van der Waals surface area contributed by atoms with Crippen molar-refractivity contribution in [3.05, 3.63) is 0 Å². The minimum atomic E-state index is -0.880. The van der Waals surface area contributed by atoms with E-state index in [1.807, 2.05) is 0 Å². The second-order valence-electron chi connectivity index (χ2n) is 4.99. The van der Waals surface area contributed by atoms with Crippen molar-refractivity contribution in [2.75, 3.05) is 0 Å². The van der Waals surface area contributed by atoms with Crippen LogP contribution in [0.15, 0.2) is 0 Å². The molecule has 0 rings (SSSR count). The van der Waals surface area contributed by atoms with Crippen molar-refractivity contribution in [2.45, 2.75) is 70.4 Å². The maximum Gasteiger partial charge on any atom is 0.0616 e. The fraction of sp³-hybridized carbons (Fsp3) is 1.00. The van der Waals surface area contributed by atoms with Crippen LogP contribution in [0, 0.1) is 0 Å². The Morgan fingerprint density at radius 1 is 1.00 bits per heavy atom. The van der Waals surface area contributed by atoms with Gasteiger partial charge in [-0.25, -0.2) is 0 Å². The Balaban J connectivity index is 3.66. The van der Waals surface area contributed by atoms with Gasteiger partial charge in [-0.1, -0.05) is 0 Å². The van der Waals surface area contributed by atoms with E-state index >= 15 is 0 Å². The molecule has 0 heterocycles. The van der Waals surface area contributed by atoms with Crippen LogP contribution in [0.5, 0.6) is 0 Å². The zero-order valence-corrected chi connectivity index (χ0v) is 9.85. The van der Waals surface area contributed by atoms with Crippen molar-refractivity contribution >= 4 is 0 Å². The molecule has 0 radical (unpaired) electrons. The van der Waals surface area contributed by atoms with Gasteiger partial charge in [0, 0.05) is 6.42 Å². The largest absolute Gasteiger partial charge is 0.393 e. The summed E-state index contributed by atoms with van der Waals surface area (Å²) in [6, 6.07) is 0. The zero-order chi connectivity index (χ0) is 12.1. The first kappa shape index (κ1) is 14.8. The molecule has 0 saturated carbocycles. The molecular weight excluding hydrogens is 196 g/mol. The van der Waals surface area contributed by atoms with Crippen LogP contribution in [-0.2, 0) is 0 Å². The van der Waals surface area contributed by atoms with E-state index in [0.717, 1.165) is 0 Å². The molecule has 3 atom stereocenters. The third kappa shape index (κ3) is 10.1. The SMILES string of the molecule is CC(O)CC(O)CCC(O)CC(C)(C)O. The molecule has 0 fully saturated rings. The second-order valence-corrected chi connectivity index (χ2v) is 4.99. The molecule has 4 nitrogen and oxygen atoms in total. The van der Waals surface area contributed by atoms with Crippen molar-refractivity contribution in [3.8, 4) is 0 Å². The molecule has 0 aromatic rings. The van der Waals surface area contributed by atoms with Gasteiger partial charge in [-0.2, -0.15) is 0 Å². The first-order valence-electron chi connectivity index (χ1n) is 5.47. The molecule has 0 spiro atoms. The monoisotopic (exact) mass is 220 g/mol. The molecule has 0 aliphatic rings. The highest BCUT2D eigenvalue weighted by atomic mass is 16.3.